The van der Waals surface area contributed by atoms with E-state index in [1.165, 1.54) is 24.2 Å². The minimum absolute atomic E-state index is 0.301. The molecule has 2 fully saturated rings. The molecular formula is C16H22N2OS. The standard InChI is InChI=1S/C16H22N2OS/c19-16(12-20-13-6-2-1-3-7-13)18-11-5-9-15(18)14-8-4-10-17-14/h1-3,6-7,14-15,17H,4-5,8-12H2. The summed E-state index contributed by atoms with van der Waals surface area (Å²) in [6.45, 7) is 2.05. The molecule has 1 N–H and O–H groups in total. The van der Waals surface area contributed by atoms with Gasteiger partial charge in [0.15, 0.2) is 0 Å². The van der Waals surface area contributed by atoms with E-state index in [2.05, 4.69) is 22.3 Å². The minimum atomic E-state index is 0.301. The van der Waals surface area contributed by atoms with Gasteiger partial charge in [-0.1, -0.05) is 18.2 Å². The number of likely N-dealkylation sites (tertiary alicyclic amines) is 1. The zero-order valence-electron chi connectivity index (χ0n) is 11.8. The molecule has 2 heterocycles. The van der Waals surface area contributed by atoms with E-state index in [0.29, 0.717) is 23.7 Å². The van der Waals surface area contributed by atoms with E-state index in [4.69, 9.17) is 0 Å². The first-order valence-corrected chi connectivity index (χ1v) is 8.54. The van der Waals surface area contributed by atoms with E-state index in [9.17, 15) is 4.79 Å². The number of benzene rings is 1. The number of hydrogen-bond acceptors (Lipinski definition) is 3. The molecule has 0 aromatic heterocycles. The lowest BCUT2D eigenvalue weighted by Gasteiger charge is -2.29. The van der Waals surface area contributed by atoms with Gasteiger partial charge in [0.25, 0.3) is 0 Å². The van der Waals surface area contributed by atoms with Gasteiger partial charge in [-0.05, 0) is 44.4 Å². The Morgan fingerprint density at radius 2 is 2.10 bits per heavy atom. The van der Waals surface area contributed by atoms with Crippen LogP contribution in [0.4, 0.5) is 0 Å². The van der Waals surface area contributed by atoms with Gasteiger partial charge in [0, 0.05) is 23.5 Å². The van der Waals surface area contributed by atoms with Crippen LogP contribution in [0.2, 0.25) is 0 Å². The Morgan fingerprint density at radius 3 is 2.85 bits per heavy atom. The average molecular weight is 290 g/mol. The van der Waals surface area contributed by atoms with E-state index in [0.717, 1.165) is 19.5 Å². The minimum Gasteiger partial charge on any atom is -0.337 e. The molecule has 2 atom stereocenters. The Morgan fingerprint density at radius 1 is 1.25 bits per heavy atom. The van der Waals surface area contributed by atoms with Gasteiger partial charge in [0.1, 0.15) is 0 Å². The van der Waals surface area contributed by atoms with Crippen LogP contribution in [0, 0.1) is 0 Å². The Hall–Kier alpha value is -1.00. The van der Waals surface area contributed by atoms with Crippen LogP contribution in [-0.4, -0.2) is 41.7 Å². The predicted molar refractivity (Wildman–Crippen MR) is 82.9 cm³/mol. The van der Waals surface area contributed by atoms with E-state index in [-0.39, 0.29) is 0 Å². The van der Waals surface area contributed by atoms with Gasteiger partial charge in [-0.3, -0.25) is 4.79 Å². The van der Waals surface area contributed by atoms with E-state index < -0.39 is 0 Å². The summed E-state index contributed by atoms with van der Waals surface area (Å²) in [4.78, 5) is 15.8. The Balaban J connectivity index is 1.55. The molecule has 20 heavy (non-hydrogen) atoms. The summed E-state index contributed by atoms with van der Waals surface area (Å²) in [6.07, 6.45) is 4.80. The van der Waals surface area contributed by atoms with Crippen molar-refractivity contribution >= 4 is 17.7 Å². The fourth-order valence-corrected chi connectivity index (χ4v) is 4.11. The molecular weight excluding hydrogens is 268 g/mol. The fraction of sp³-hybridized carbons (Fsp3) is 0.562. The number of nitrogens with one attached hydrogen (secondary N) is 1. The Bertz CT molecular complexity index is 445. The normalized spacial score (nSPS) is 26.1. The molecule has 3 rings (SSSR count). The number of rotatable bonds is 4. The second kappa shape index (κ2) is 6.64. The highest BCUT2D eigenvalue weighted by atomic mass is 32.2. The quantitative estimate of drug-likeness (QED) is 0.865. The first-order chi connectivity index (χ1) is 9.84. The molecule has 2 aliphatic heterocycles. The lowest BCUT2D eigenvalue weighted by Crippen LogP contribution is -2.47. The van der Waals surface area contributed by atoms with Crippen LogP contribution >= 0.6 is 11.8 Å². The predicted octanol–water partition coefficient (Wildman–Crippen LogP) is 2.52. The Kier molecular flexibility index (Phi) is 4.63. The SMILES string of the molecule is O=C(CSc1ccccc1)N1CCCC1C1CCCN1. The topological polar surface area (TPSA) is 32.3 Å². The fourth-order valence-electron chi connectivity index (χ4n) is 3.31. The molecule has 1 amide bonds. The van der Waals surface area contributed by atoms with Crippen LogP contribution in [0.1, 0.15) is 25.7 Å². The van der Waals surface area contributed by atoms with Gasteiger partial charge in [0.2, 0.25) is 5.91 Å². The van der Waals surface area contributed by atoms with Gasteiger partial charge in [0.05, 0.1) is 5.75 Å². The van der Waals surface area contributed by atoms with Crippen LogP contribution in [0.5, 0.6) is 0 Å². The maximum Gasteiger partial charge on any atom is 0.233 e. The zero-order valence-corrected chi connectivity index (χ0v) is 12.6. The molecule has 3 nitrogen and oxygen atoms in total. The van der Waals surface area contributed by atoms with Crippen LogP contribution in [-0.2, 0) is 4.79 Å². The van der Waals surface area contributed by atoms with Crippen molar-refractivity contribution in [1.82, 2.24) is 10.2 Å². The highest BCUT2D eigenvalue weighted by Crippen LogP contribution is 2.26. The van der Waals surface area contributed by atoms with Gasteiger partial charge in [-0.25, -0.2) is 0 Å². The largest absolute Gasteiger partial charge is 0.337 e. The molecule has 2 unspecified atom stereocenters. The smallest absolute Gasteiger partial charge is 0.233 e. The van der Waals surface area contributed by atoms with Gasteiger partial charge in [-0.2, -0.15) is 0 Å². The second-order valence-corrected chi connectivity index (χ2v) is 6.65. The molecule has 4 heteroatoms. The third kappa shape index (κ3) is 3.18. The number of carbonyl (C=O) groups excluding carboxylic acids is 1. The highest BCUT2D eigenvalue weighted by molar-refractivity contribution is 8.00. The summed E-state index contributed by atoms with van der Waals surface area (Å²) < 4.78 is 0. The summed E-state index contributed by atoms with van der Waals surface area (Å²) in [5.41, 5.74) is 0. The summed E-state index contributed by atoms with van der Waals surface area (Å²) >= 11 is 1.65. The van der Waals surface area contributed by atoms with Crippen LogP contribution in [0.15, 0.2) is 35.2 Å². The molecule has 2 saturated heterocycles. The third-order valence-corrected chi connectivity index (χ3v) is 5.28. The molecule has 2 aliphatic rings. The van der Waals surface area contributed by atoms with Crippen molar-refractivity contribution in [3.8, 4) is 0 Å². The van der Waals surface area contributed by atoms with Gasteiger partial charge < -0.3 is 10.2 Å². The van der Waals surface area contributed by atoms with E-state index >= 15 is 0 Å². The van der Waals surface area contributed by atoms with Crippen molar-refractivity contribution in [3.05, 3.63) is 30.3 Å². The lowest BCUT2D eigenvalue weighted by molar-refractivity contribution is -0.129. The van der Waals surface area contributed by atoms with Crippen molar-refractivity contribution in [2.24, 2.45) is 0 Å². The van der Waals surface area contributed by atoms with Gasteiger partial charge >= 0.3 is 0 Å². The molecule has 1 aromatic rings. The average Bonchev–Trinajstić information content (AvgIpc) is 3.15. The number of amides is 1. The van der Waals surface area contributed by atoms with Crippen molar-refractivity contribution in [2.75, 3.05) is 18.8 Å². The van der Waals surface area contributed by atoms with E-state index in [1.807, 2.05) is 18.2 Å². The van der Waals surface area contributed by atoms with Crippen LogP contribution < -0.4 is 5.32 Å². The van der Waals surface area contributed by atoms with Crippen molar-refractivity contribution in [3.63, 3.8) is 0 Å². The maximum atomic E-state index is 12.5. The maximum absolute atomic E-state index is 12.5. The summed E-state index contributed by atoms with van der Waals surface area (Å²) in [5, 5.41) is 3.56. The first kappa shape index (κ1) is 14.0. The first-order valence-electron chi connectivity index (χ1n) is 7.55. The second-order valence-electron chi connectivity index (χ2n) is 5.60. The molecule has 0 radical (unpaired) electrons. The molecule has 0 spiro atoms. The third-order valence-electron chi connectivity index (χ3n) is 4.29. The Labute approximate surface area is 125 Å². The summed E-state index contributed by atoms with van der Waals surface area (Å²) in [5.74, 6) is 0.864. The molecule has 0 bridgehead atoms. The monoisotopic (exact) mass is 290 g/mol. The van der Waals surface area contributed by atoms with E-state index in [1.54, 1.807) is 11.8 Å². The van der Waals surface area contributed by atoms with Crippen molar-refractivity contribution in [1.29, 1.82) is 0 Å². The molecule has 108 valence electrons. The number of carbonyl (C=O) groups is 1. The lowest BCUT2D eigenvalue weighted by atomic mass is 10.0. The summed E-state index contributed by atoms with van der Waals surface area (Å²) in [7, 11) is 0. The summed E-state index contributed by atoms with van der Waals surface area (Å²) in [6, 6.07) is 11.1. The number of nitrogens with zero attached hydrogens (tertiary/aromatic N) is 1. The molecule has 1 aromatic carbocycles. The number of hydrogen-bond donors (Lipinski definition) is 1. The zero-order chi connectivity index (χ0) is 13.8. The number of thioether (sulfide) groups is 1. The van der Waals surface area contributed by atoms with Crippen LogP contribution in [0.25, 0.3) is 0 Å². The van der Waals surface area contributed by atoms with Crippen molar-refractivity contribution in [2.45, 2.75) is 42.7 Å². The van der Waals surface area contributed by atoms with Gasteiger partial charge in [-0.15, -0.1) is 11.8 Å². The van der Waals surface area contributed by atoms with Crippen LogP contribution in [0.3, 0.4) is 0 Å². The van der Waals surface area contributed by atoms with Crippen molar-refractivity contribution < 1.29 is 4.79 Å². The molecule has 0 saturated carbocycles. The highest BCUT2D eigenvalue weighted by Gasteiger charge is 2.35. The molecule has 0 aliphatic carbocycles.